The molecule has 0 bridgehead atoms. The zero-order chi connectivity index (χ0) is 52.6. The Morgan fingerprint density at radius 3 is 2.04 bits per heavy atom. The van der Waals surface area contributed by atoms with Crippen LogP contribution in [0.5, 0.6) is 5.75 Å². The van der Waals surface area contributed by atoms with Gasteiger partial charge in [-0.2, -0.15) is 0 Å². The van der Waals surface area contributed by atoms with Gasteiger partial charge in [0, 0.05) is 17.9 Å². The van der Waals surface area contributed by atoms with Gasteiger partial charge >= 0.3 is 0 Å². The van der Waals surface area contributed by atoms with E-state index in [9.17, 15) is 74.4 Å². The lowest BCUT2D eigenvalue weighted by molar-refractivity contribution is -0.331. The first-order chi connectivity index (χ1) is 34.3. The molecule has 398 valence electrons. The smallest absolute Gasteiger partial charge is 0.245 e. The number of primary amides is 1. The van der Waals surface area contributed by atoms with Crippen molar-refractivity contribution >= 4 is 62.9 Å². The zero-order valence-corrected chi connectivity index (χ0v) is 39.9. The first kappa shape index (κ1) is 57.6. The van der Waals surface area contributed by atoms with Crippen molar-refractivity contribution in [1.29, 1.82) is 0 Å². The molecule has 0 spiro atoms. The topological polar surface area (TPSA) is 442 Å². The Morgan fingerprint density at radius 2 is 1.39 bits per heavy atom. The predicted octanol–water partition coefficient (Wildman–Crippen LogP) is -7.80. The minimum Gasteiger partial charge on any atom is -0.508 e. The van der Waals surface area contributed by atoms with Gasteiger partial charge in [0.2, 0.25) is 41.4 Å². The van der Waals surface area contributed by atoms with E-state index in [-0.39, 0.29) is 30.1 Å². The number of aliphatic hydroxyl groups is 7. The summed E-state index contributed by atoms with van der Waals surface area (Å²) in [6.07, 6.45) is -17.8. The van der Waals surface area contributed by atoms with Crippen LogP contribution in [0.4, 0.5) is 0 Å². The number of phenols is 1. The van der Waals surface area contributed by atoms with Crippen LogP contribution in [-0.4, -0.2) is 218 Å². The van der Waals surface area contributed by atoms with Gasteiger partial charge in [0.1, 0.15) is 78.7 Å². The van der Waals surface area contributed by atoms with Crippen LogP contribution >= 0.6 is 21.6 Å². The molecule has 0 saturated carbocycles. The van der Waals surface area contributed by atoms with E-state index in [2.05, 4.69) is 31.9 Å². The molecule has 1 unspecified atom stereocenters. The van der Waals surface area contributed by atoms with E-state index in [4.69, 9.17) is 30.4 Å². The predicted molar refractivity (Wildman–Crippen MR) is 250 cm³/mol. The number of benzene rings is 2. The Kier molecular flexibility index (Phi) is 22.2. The third kappa shape index (κ3) is 16.6. The SMILES string of the molecule is NC(=O)CNC(=O)[C@H](CO[C@@H]1O[C@H](CO[C@@H]2O[C@H](CO)[C@H](O)[C@H](O)[C@H]2O)[C@@H](O)[C@H](O)[C@H]1O)NC(=O)[C@H]1CSSCC(NC(=O)[C@@H](N)Cc2ccc(O)cc2)C(=O)NCC(=O)N[C@@H](Cc2ccccc2)C(=O)N1. The van der Waals surface area contributed by atoms with E-state index >= 15 is 0 Å². The second kappa shape index (κ2) is 27.7. The summed E-state index contributed by atoms with van der Waals surface area (Å²) in [5.74, 6) is -6.69. The lowest BCUT2D eigenvalue weighted by atomic mass is 9.98. The average Bonchev–Trinajstić information content (AvgIpc) is 3.36. The Hall–Kier alpha value is -5.25. The summed E-state index contributed by atoms with van der Waals surface area (Å²) in [5.41, 5.74) is 12.6. The maximum absolute atomic E-state index is 14.2. The van der Waals surface area contributed by atoms with Gasteiger partial charge in [-0.1, -0.05) is 64.1 Å². The van der Waals surface area contributed by atoms with Crippen LogP contribution in [0.25, 0.3) is 0 Å². The monoisotopic (exact) mass is 1060 g/mol. The number of aliphatic hydroxyl groups excluding tert-OH is 7. The Morgan fingerprint density at radius 1 is 0.764 bits per heavy atom. The molecule has 72 heavy (non-hydrogen) atoms. The van der Waals surface area contributed by atoms with Crippen LogP contribution < -0.4 is 43.4 Å². The minimum absolute atomic E-state index is 0.00444. The zero-order valence-electron chi connectivity index (χ0n) is 38.3. The molecule has 18 N–H and O–H groups in total. The number of phenolic OH excluding ortho intramolecular Hbond substituents is 1. The van der Waals surface area contributed by atoms with Gasteiger partial charge in [-0.3, -0.25) is 33.6 Å². The molecule has 7 amide bonds. The molecule has 5 rings (SSSR count). The van der Waals surface area contributed by atoms with E-state index in [1.165, 1.54) is 12.1 Å². The Balaban J connectivity index is 1.32. The summed E-state index contributed by atoms with van der Waals surface area (Å²) in [5, 5.41) is 96.8. The summed E-state index contributed by atoms with van der Waals surface area (Å²) < 4.78 is 22.0. The van der Waals surface area contributed by atoms with Crippen molar-refractivity contribution in [3.8, 4) is 5.75 Å². The highest BCUT2D eigenvalue weighted by atomic mass is 33.1. The van der Waals surface area contributed by atoms with Gasteiger partial charge in [-0.05, 0) is 29.7 Å². The number of hydrogen-bond donors (Lipinski definition) is 16. The van der Waals surface area contributed by atoms with Crippen molar-refractivity contribution < 1.29 is 93.4 Å². The van der Waals surface area contributed by atoms with Crippen LogP contribution in [-0.2, 0) is 65.4 Å². The standard InChI is InChI=1S/C43H60N8O19S2/c44-22(10-20-6-8-21(53)9-7-20)37(62)50-25-17-71-72-18-26(51-40(65)23(11-19-4-2-1-3-5-19)48-30(55)13-47-39(25)64)41(66)49-24(38(63)46-12-29(45)54)15-67-42-36(61)34(59)32(57)28(70-42)16-68-43-35(60)33(58)31(56)27(14-52)69-43/h1-9,22-28,31-36,42-43,52-53,56-61H,10-18,44H2,(H2,45,54)(H,46,63)(H,47,64)(H,48,55)(H,49,66)(H,50,62)(H,51,65)/t22-,23-,24-,25?,26+,27+,28+,31-,32+,33-,34-,35+,36+,42+,43+/m0/s1. The molecule has 3 fully saturated rings. The highest BCUT2D eigenvalue weighted by Gasteiger charge is 2.48. The molecule has 2 aromatic rings. The number of amides is 7. The molecular weight excluding hydrogens is 997 g/mol. The molecule has 3 aliphatic rings. The summed E-state index contributed by atoms with van der Waals surface area (Å²) in [4.78, 5) is 93.4. The van der Waals surface area contributed by atoms with E-state index in [0.717, 1.165) is 21.6 Å². The molecule has 0 radical (unpaired) electrons. The van der Waals surface area contributed by atoms with Crippen molar-refractivity contribution in [3.05, 3.63) is 65.7 Å². The molecule has 0 aliphatic carbocycles. The van der Waals surface area contributed by atoms with Crippen molar-refractivity contribution in [2.45, 2.75) is 104 Å². The quantitative estimate of drug-likeness (QED) is 0.0617. The number of carbonyl (C=O) groups is 7. The minimum atomic E-state index is -2.01. The summed E-state index contributed by atoms with van der Waals surface area (Å²) >= 11 is 0. The van der Waals surface area contributed by atoms with Gasteiger partial charge in [0.15, 0.2) is 12.6 Å². The van der Waals surface area contributed by atoms with Crippen LogP contribution in [0.1, 0.15) is 11.1 Å². The first-order valence-electron chi connectivity index (χ1n) is 22.4. The van der Waals surface area contributed by atoms with Crippen molar-refractivity contribution in [3.63, 3.8) is 0 Å². The third-order valence-electron chi connectivity index (χ3n) is 11.3. The fourth-order valence-corrected chi connectivity index (χ4v) is 9.58. The van der Waals surface area contributed by atoms with E-state index < -0.39 is 166 Å². The molecule has 2 aromatic carbocycles. The van der Waals surface area contributed by atoms with E-state index in [0.29, 0.717) is 11.1 Å². The maximum Gasteiger partial charge on any atom is 0.245 e. The summed E-state index contributed by atoms with van der Waals surface area (Å²) in [6, 6.07) is 7.38. The summed E-state index contributed by atoms with van der Waals surface area (Å²) in [7, 11) is 1.96. The van der Waals surface area contributed by atoms with Gasteiger partial charge in [0.25, 0.3) is 0 Å². The molecule has 3 aliphatic heterocycles. The van der Waals surface area contributed by atoms with Crippen LogP contribution in [0.15, 0.2) is 54.6 Å². The third-order valence-corrected chi connectivity index (χ3v) is 13.8. The number of hydrogen-bond acceptors (Lipinski definition) is 22. The van der Waals surface area contributed by atoms with Gasteiger partial charge in [-0.15, -0.1) is 0 Å². The normalized spacial score (nSPS) is 30.5. The number of nitrogens with two attached hydrogens (primary N) is 2. The maximum atomic E-state index is 14.2. The Labute approximate surface area is 418 Å². The van der Waals surface area contributed by atoms with Crippen LogP contribution in [0.3, 0.4) is 0 Å². The second-order valence-electron chi connectivity index (χ2n) is 16.8. The van der Waals surface area contributed by atoms with Crippen molar-refractivity contribution in [2.75, 3.05) is 44.4 Å². The molecule has 29 heteroatoms. The fraction of sp³-hybridized carbons (Fsp3) is 0.558. The van der Waals surface area contributed by atoms with E-state index in [1.807, 2.05) is 0 Å². The number of aromatic hydroxyl groups is 1. The number of carbonyl (C=O) groups excluding carboxylic acids is 7. The molecule has 15 atom stereocenters. The molecular formula is C43H60N8O19S2. The second-order valence-corrected chi connectivity index (χ2v) is 19.4. The highest BCUT2D eigenvalue weighted by molar-refractivity contribution is 8.76. The van der Waals surface area contributed by atoms with Gasteiger partial charge in [0.05, 0.1) is 39.0 Å². The van der Waals surface area contributed by atoms with E-state index in [1.54, 1.807) is 42.5 Å². The van der Waals surface area contributed by atoms with Gasteiger partial charge in [-0.25, -0.2) is 0 Å². The van der Waals surface area contributed by atoms with Crippen LogP contribution in [0.2, 0.25) is 0 Å². The van der Waals surface area contributed by atoms with Crippen molar-refractivity contribution in [1.82, 2.24) is 31.9 Å². The molecule has 3 saturated heterocycles. The average molecular weight is 1060 g/mol. The Bertz CT molecular complexity index is 2150. The number of ether oxygens (including phenoxy) is 4. The van der Waals surface area contributed by atoms with Crippen molar-refractivity contribution in [2.24, 2.45) is 11.5 Å². The largest absolute Gasteiger partial charge is 0.508 e. The molecule has 3 heterocycles. The number of rotatable bonds is 18. The lowest BCUT2D eigenvalue weighted by Gasteiger charge is -2.42. The summed E-state index contributed by atoms with van der Waals surface area (Å²) in [6.45, 7) is -3.74. The highest BCUT2D eigenvalue weighted by Crippen LogP contribution is 2.27. The first-order valence-corrected chi connectivity index (χ1v) is 24.8. The van der Waals surface area contributed by atoms with Crippen LogP contribution in [0, 0.1) is 0 Å². The lowest BCUT2D eigenvalue weighted by Crippen LogP contribution is -2.62. The molecule has 0 aromatic heterocycles. The molecule has 27 nitrogen and oxygen atoms in total. The number of nitrogens with one attached hydrogen (secondary N) is 6. The van der Waals surface area contributed by atoms with Gasteiger partial charge < -0.3 is 103 Å². The fourth-order valence-electron chi connectivity index (χ4n) is 7.25.